The molecule has 0 aromatic heterocycles. The second-order valence-corrected chi connectivity index (χ2v) is 5.81. The maximum Gasteiger partial charge on any atom is 0.236 e. The lowest BCUT2D eigenvalue weighted by Gasteiger charge is -2.31. The molecule has 0 heterocycles. The molecule has 0 aromatic carbocycles. The summed E-state index contributed by atoms with van der Waals surface area (Å²) in [5, 5.41) is 2.93. The maximum absolute atomic E-state index is 11.6. The fraction of sp³-hybridized carbons (Fsp3) is 0.933. The average Bonchev–Trinajstić information content (AvgIpc) is 2.44. The van der Waals surface area contributed by atoms with Crippen molar-refractivity contribution < 1.29 is 4.79 Å². The van der Waals surface area contributed by atoms with Gasteiger partial charge in [0.1, 0.15) is 0 Å². The average molecular weight is 342 g/mol. The SMILES string of the molecule is CCCC(N)C(=O)NCCCN(C)C1CCCCC1.Cl.Cl. The van der Waals surface area contributed by atoms with E-state index in [0.717, 1.165) is 38.4 Å². The van der Waals surface area contributed by atoms with E-state index in [9.17, 15) is 4.79 Å². The van der Waals surface area contributed by atoms with Gasteiger partial charge in [0.05, 0.1) is 6.04 Å². The van der Waals surface area contributed by atoms with Gasteiger partial charge >= 0.3 is 0 Å². The van der Waals surface area contributed by atoms with Crippen LogP contribution in [0.4, 0.5) is 0 Å². The van der Waals surface area contributed by atoms with Crippen molar-refractivity contribution in [1.82, 2.24) is 10.2 Å². The molecule has 0 spiro atoms. The van der Waals surface area contributed by atoms with Crippen LogP contribution >= 0.6 is 24.8 Å². The zero-order chi connectivity index (χ0) is 14.1. The topological polar surface area (TPSA) is 58.4 Å². The Morgan fingerprint density at radius 2 is 1.90 bits per heavy atom. The predicted octanol–water partition coefficient (Wildman–Crippen LogP) is 2.73. The van der Waals surface area contributed by atoms with E-state index in [-0.39, 0.29) is 36.8 Å². The summed E-state index contributed by atoms with van der Waals surface area (Å²) in [4.78, 5) is 14.1. The first-order valence-electron chi connectivity index (χ1n) is 7.88. The van der Waals surface area contributed by atoms with Gasteiger partial charge in [-0.3, -0.25) is 4.79 Å². The zero-order valence-corrected chi connectivity index (χ0v) is 15.1. The van der Waals surface area contributed by atoms with Crippen molar-refractivity contribution in [1.29, 1.82) is 0 Å². The van der Waals surface area contributed by atoms with Crippen LogP contribution in [0.2, 0.25) is 0 Å². The van der Waals surface area contributed by atoms with Gasteiger partial charge in [0, 0.05) is 12.6 Å². The second-order valence-electron chi connectivity index (χ2n) is 5.81. The van der Waals surface area contributed by atoms with E-state index >= 15 is 0 Å². The Bertz CT molecular complexity index is 261. The molecule has 0 radical (unpaired) electrons. The number of amides is 1. The van der Waals surface area contributed by atoms with Gasteiger partial charge in [-0.25, -0.2) is 0 Å². The van der Waals surface area contributed by atoms with Crippen molar-refractivity contribution in [3.05, 3.63) is 0 Å². The van der Waals surface area contributed by atoms with Crippen molar-refractivity contribution in [2.45, 2.75) is 70.4 Å². The Morgan fingerprint density at radius 3 is 2.48 bits per heavy atom. The molecule has 1 aliphatic rings. The summed E-state index contributed by atoms with van der Waals surface area (Å²) < 4.78 is 0. The number of nitrogens with one attached hydrogen (secondary N) is 1. The number of nitrogens with zero attached hydrogens (tertiary/aromatic N) is 1. The van der Waals surface area contributed by atoms with E-state index in [4.69, 9.17) is 5.73 Å². The molecule has 1 amide bonds. The van der Waals surface area contributed by atoms with Gasteiger partial charge in [-0.2, -0.15) is 0 Å². The Hall–Kier alpha value is -0.0300. The van der Waals surface area contributed by atoms with Crippen molar-refractivity contribution in [3.63, 3.8) is 0 Å². The molecule has 0 aliphatic heterocycles. The highest BCUT2D eigenvalue weighted by Crippen LogP contribution is 2.21. The van der Waals surface area contributed by atoms with Gasteiger partial charge in [0.15, 0.2) is 0 Å². The molecule has 1 saturated carbocycles. The number of hydrogen-bond donors (Lipinski definition) is 2. The van der Waals surface area contributed by atoms with Crippen LogP contribution in [0.3, 0.4) is 0 Å². The molecule has 1 rings (SSSR count). The normalized spacial score (nSPS) is 16.8. The van der Waals surface area contributed by atoms with Crippen LogP contribution in [-0.2, 0) is 4.79 Å². The summed E-state index contributed by atoms with van der Waals surface area (Å²) in [7, 11) is 2.21. The molecule has 4 nitrogen and oxygen atoms in total. The number of carbonyl (C=O) groups is 1. The van der Waals surface area contributed by atoms with Gasteiger partial charge in [0.25, 0.3) is 0 Å². The highest BCUT2D eigenvalue weighted by atomic mass is 35.5. The van der Waals surface area contributed by atoms with Crippen LogP contribution in [0.25, 0.3) is 0 Å². The van der Waals surface area contributed by atoms with Gasteiger partial charge < -0.3 is 16.0 Å². The lowest BCUT2D eigenvalue weighted by molar-refractivity contribution is -0.122. The van der Waals surface area contributed by atoms with Crippen LogP contribution < -0.4 is 11.1 Å². The van der Waals surface area contributed by atoms with E-state index in [1.54, 1.807) is 0 Å². The van der Waals surface area contributed by atoms with Crippen molar-refractivity contribution in [2.75, 3.05) is 20.1 Å². The Labute approximate surface area is 142 Å². The summed E-state index contributed by atoms with van der Waals surface area (Å²) in [5.74, 6) is 0.00201. The number of rotatable bonds is 8. The number of halogens is 2. The van der Waals surface area contributed by atoms with E-state index < -0.39 is 0 Å². The molecule has 6 heteroatoms. The standard InChI is InChI=1S/C15H31N3O.2ClH/c1-3-8-14(16)15(19)17-11-7-12-18(2)13-9-5-4-6-10-13;;/h13-14H,3-12,16H2,1-2H3,(H,17,19);2*1H. The minimum absolute atomic E-state index is 0. The molecular weight excluding hydrogens is 309 g/mol. The van der Waals surface area contributed by atoms with E-state index in [0.29, 0.717) is 0 Å². The van der Waals surface area contributed by atoms with Crippen molar-refractivity contribution in [3.8, 4) is 0 Å². The summed E-state index contributed by atoms with van der Waals surface area (Å²) in [5.41, 5.74) is 5.76. The highest BCUT2D eigenvalue weighted by molar-refractivity contribution is 5.85. The molecule has 1 unspecified atom stereocenters. The van der Waals surface area contributed by atoms with Crippen molar-refractivity contribution >= 4 is 30.7 Å². The summed E-state index contributed by atoms with van der Waals surface area (Å²) in [6.45, 7) is 3.85. The first-order valence-corrected chi connectivity index (χ1v) is 7.88. The van der Waals surface area contributed by atoms with Crippen LogP contribution in [-0.4, -0.2) is 43.0 Å². The van der Waals surface area contributed by atoms with Crippen LogP contribution in [0, 0.1) is 0 Å². The third-order valence-electron chi connectivity index (χ3n) is 4.12. The van der Waals surface area contributed by atoms with Crippen molar-refractivity contribution in [2.24, 2.45) is 5.73 Å². The zero-order valence-electron chi connectivity index (χ0n) is 13.5. The van der Waals surface area contributed by atoms with Gasteiger partial charge in [0.2, 0.25) is 5.91 Å². The number of hydrogen-bond acceptors (Lipinski definition) is 3. The number of nitrogens with two attached hydrogens (primary N) is 1. The fourth-order valence-electron chi connectivity index (χ4n) is 2.82. The maximum atomic E-state index is 11.6. The molecule has 21 heavy (non-hydrogen) atoms. The largest absolute Gasteiger partial charge is 0.355 e. The first kappa shape index (κ1) is 23.2. The fourth-order valence-corrected chi connectivity index (χ4v) is 2.82. The van der Waals surface area contributed by atoms with E-state index in [1.165, 1.54) is 32.1 Å². The Balaban J connectivity index is 0. The molecule has 0 saturated heterocycles. The molecule has 1 fully saturated rings. The molecule has 1 atom stereocenters. The Kier molecular flexibility index (Phi) is 15.1. The summed E-state index contributed by atoms with van der Waals surface area (Å²) in [6, 6.07) is 0.424. The molecule has 3 N–H and O–H groups in total. The lowest BCUT2D eigenvalue weighted by Crippen LogP contribution is -2.42. The minimum Gasteiger partial charge on any atom is -0.355 e. The molecule has 0 aromatic rings. The monoisotopic (exact) mass is 341 g/mol. The summed E-state index contributed by atoms with van der Waals surface area (Å²) in [6.07, 6.45) is 9.56. The van der Waals surface area contributed by atoms with Crippen LogP contribution in [0.1, 0.15) is 58.3 Å². The highest BCUT2D eigenvalue weighted by Gasteiger charge is 2.17. The third-order valence-corrected chi connectivity index (χ3v) is 4.12. The predicted molar refractivity (Wildman–Crippen MR) is 94.5 cm³/mol. The molecule has 128 valence electrons. The van der Waals surface area contributed by atoms with Gasteiger partial charge in [-0.15, -0.1) is 24.8 Å². The molecule has 1 aliphatic carbocycles. The number of carbonyl (C=O) groups excluding carboxylic acids is 1. The van der Waals surface area contributed by atoms with Gasteiger partial charge in [-0.05, 0) is 39.3 Å². The van der Waals surface area contributed by atoms with Gasteiger partial charge in [-0.1, -0.05) is 32.6 Å². The molecular formula is C15H33Cl2N3O. The summed E-state index contributed by atoms with van der Waals surface area (Å²) >= 11 is 0. The van der Waals surface area contributed by atoms with Crippen LogP contribution in [0.5, 0.6) is 0 Å². The molecule has 0 bridgehead atoms. The lowest BCUT2D eigenvalue weighted by atomic mass is 9.94. The quantitative estimate of drug-likeness (QED) is 0.667. The Morgan fingerprint density at radius 1 is 1.29 bits per heavy atom. The minimum atomic E-state index is -0.332. The third kappa shape index (κ3) is 9.56. The smallest absolute Gasteiger partial charge is 0.236 e. The van der Waals surface area contributed by atoms with E-state index in [1.807, 2.05) is 6.92 Å². The van der Waals surface area contributed by atoms with Crippen LogP contribution in [0.15, 0.2) is 0 Å². The first-order chi connectivity index (χ1) is 9.15. The second kappa shape index (κ2) is 13.6. The van der Waals surface area contributed by atoms with E-state index in [2.05, 4.69) is 17.3 Å².